The van der Waals surface area contributed by atoms with Crippen LogP contribution in [0.15, 0.2) is 29.8 Å². The number of nitrogens with two attached hydrogens (primary N) is 1. The first kappa shape index (κ1) is 17.3. The summed E-state index contributed by atoms with van der Waals surface area (Å²) in [5.74, 6) is 1.54. The van der Waals surface area contributed by atoms with Gasteiger partial charge < -0.3 is 24.6 Å². The van der Waals surface area contributed by atoms with Gasteiger partial charge in [0, 0.05) is 6.42 Å². The topological polar surface area (TPSA) is 64.5 Å². The molecule has 0 aromatic heterocycles. The lowest BCUT2D eigenvalue weighted by molar-refractivity contribution is -0.660. The maximum absolute atomic E-state index is 10.0. The summed E-state index contributed by atoms with van der Waals surface area (Å²) >= 11 is 0. The standard InChI is InChI=1S/C19H27NO4/c21-17(11-20-9-8-15-4-2-1-3-5-15)13-22-12-16-6-7-18-19(10-16)24-14-23-18/h4,6-7,10,17,20-21H,1-3,5,8-9,11-14H2/p+1/t17-/m0/s1. The van der Waals surface area contributed by atoms with Crippen LogP contribution in [0.2, 0.25) is 0 Å². The Bertz CT molecular complexity index is 558. The molecule has 2 aliphatic rings. The van der Waals surface area contributed by atoms with E-state index < -0.39 is 6.10 Å². The highest BCUT2D eigenvalue weighted by atomic mass is 16.7. The van der Waals surface area contributed by atoms with E-state index in [9.17, 15) is 5.11 Å². The first-order chi connectivity index (χ1) is 11.8. The average Bonchev–Trinajstić information content (AvgIpc) is 3.07. The number of ether oxygens (including phenoxy) is 3. The van der Waals surface area contributed by atoms with Crippen LogP contribution in [-0.4, -0.2) is 37.7 Å². The molecule has 5 nitrogen and oxygen atoms in total. The van der Waals surface area contributed by atoms with Gasteiger partial charge in [-0.1, -0.05) is 17.7 Å². The predicted molar refractivity (Wildman–Crippen MR) is 91.1 cm³/mol. The molecule has 0 spiro atoms. The Kier molecular flexibility index (Phi) is 6.52. The number of benzene rings is 1. The smallest absolute Gasteiger partial charge is 0.231 e. The summed E-state index contributed by atoms with van der Waals surface area (Å²) in [6.45, 7) is 2.85. The number of allylic oxidation sites excluding steroid dienone is 1. The second kappa shape index (κ2) is 9.06. The quantitative estimate of drug-likeness (QED) is 0.533. The predicted octanol–water partition coefficient (Wildman–Crippen LogP) is 1.75. The Balaban J connectivity index is 1.27. The second-order valence-corrected chi connectivity index (χ2v) is 6.53. The molecule has 1 heterocycles. The van der Waals surface area contributed by atoms with E-state index in [1.165, 1.54) is 25.7 Å². The van der Waals surface area contributed by atoms with Gasteiger partial charge in [-0.25, -0.2) is 0 Å². The van der Waals surface area contributed by atoms with Crippen molar-refractivity contribution in [1.82, 2.24) is 0 Å². The summed E-state index contributed by atoms with van der Waals surface area (Å²) in [5, 5.41) is 12.2. The fourth-order valence-electron chi connectivity index (χ4n) is 3.14. The number of fused-ring (bicyclic) bond motifs is 1. The van der Waals surface area contributed by atoms with E-state index in [1.807, 2.05) is 18.2 Å². The lowest BCUT2D eigenvalue weighted by Crippen LogP contribution is -2.86. The van der Waals surface area contributed by atoms with E-state index in [4.69, 9.17) is 14.2 Å². The monoisotopic (exact) mass is 334 g/mol. The third-order valence-electron chi connectivity index (χ3n) is 4.51. The van der Waals surface area contributed by atoms with Crippen LogP contribution >= 0.6 is 0 Å². The van der Waals surface area contributed by atoms with Gasteiger partial charge in [-0.3, -0.25) is 0 Å². The van der Waals surface area contributed by atoms with Gasteiger partial charge in [-0.05, 0) is 43.4 Å². The number of aliphatic hydroxyl groups is 1. The number of hydrogen-bond donors (Lipinski definition) is 2. The van der Waals surface area contributed by atoms with Crippen molar-refractivity contribution in [2.75, 3.05) is 26.5 Å². The highest BCUT2D eigenvalue weighted by Gasteiger charge is 2.13. The number of rotatable bonds is 9. The fraction of sp³-hybridized carbons (Fsp3) is 0.579. The van der Waals surface area contributed by atoms with Gasteiger partial charge in [0.25, 0.3) is 0 Å². The van der Waals surface area contributed by atoms with Gasteiger partial charge in [0.1, 0.15) is 12.6 Å². The van der Waals surface area contributed by atoms with Crippen molar-refractivity contribution < 1.29 is 24.6 Å². The molecule has 1 aliphatic heterocycles. The van der Waals surface area contributed by atoms with Crippen LogP contribution in [0.1, 0.15) is 37.7 Å². The molecule has 1 aromatic rings. The van der Waals surface area contributed by atoms with Crippen molar-refractivity contribution in [2.24, 2.45) is 0 Å². The minimum Gasteiger partial charge on any atom is -0.454 e. The van der Waals surface area contributed by atoms with Gasteiger partial charge in [-0.2, -0.15) is 0 Å². The first-order valence-corrected chi connectivity index (χ1v) is 8.95. The Morgan fingerprint density at radius 2 is 2.12 bits per heavy atom. The summed E-state index contributed by atoms with van der Waals surface area (Å²) < 4.78 is 16.2. The third kappa shape index (κ3) is 5.23. The van der Waals surface area contributed by atoms with Crippen LogP contribution in [0.5, 0.6) is 11.5 Å². The van der Waals surface area contributed by atoms with Crippen LogP contribution in [0.3, 0.4) is 0 Å². The summed E-state index contributed by atoms with van der Waals surface area (Å²) in [6.07, 6.45) is 8.28. The van der Waals surface area contributed by atoms with Gasteiger partial charge in [0.15, 0.2) is 11.5 Å². The van der Waals surface area contributed by atoms with Gasteiger partial charge >= 0.3 is 0 Å². The molecule has 24 heavy (non-hydrogen) atoms. The van der Waals surface area contributed by atoms with E-state index in [1.54, 1.807) is 5.57 Å². The molecule has 0 amide bonds. The molecule has 0 fully saturated rings. The summed E-state index contributed by atoms with van der Waals surface area (Å²) in [6, 6.07) is 5.79. The molecular weight excluding hydrogens is 306 g/mol. The largest absolute Gasteiger partial charge is 0.454 e. The molecule has 132 valence electrons. The zero-order valence-corrected chi connectivity index (χ0v) is 14.2. The zero-order valence-electron chi connectivity index (χ0n) is 14.2. The van der Waals surface area contributed by atoms with Gasteiger partial charge in [-0.15, -0.1) is 0 Å². The minimum absolute atomic E-state index is 0.283. The second-order valence-electron chi connectivity index (χ2n) is 6.53. The molecule has 5 heteroatoms. The minimum atomic E-state index is -0.431. The average molecular weight is 334 g/mol. The van der Waals surface area contributed by atoms with Gasteiger partial charge in [0.2, 0.25) is 6.79 Å². The van der Waals surface area contributed by atoms with Crippen LogP contribution in [0.4, 0.5) is 0 Å². The molecule has 1 aromatic carbocycles. The van der Waals surface area contributed by atoms with Crippen LogP contribution in [-0.2, 0) is 11.3 Å². The Morgan fingerprint density at radius 3 is 3.00 bits per heavy atom. The van der Waals surface area contributed by atoms with E-state index in [-0.39, 0.29) is 6.79 Å². The van der Waals surface area contributed by atoms with E-state index in [2.05, 4.69) is 11.4 Å². The molecule has 3 rings (SSSR count). The van der Waals surface area contributed by atoms with E-state index >= 15 is 0 Å². The van der Waals surface area contributed by atoms with E-state index in [0.717, 1.165) is 30.0 Å². The summed E-state index contributed by atoms with van der Waals surface area (Å²) in [7, 11) is 0. The molecule has 3 N–H and O–H groups in total. The highest BCUT2D eigenvalue weighted by Crippen LogP contribution is 2.32. The maximum Gasteiger partial charge on any atom is 0.231 e. The number of hydrogen-bond acceptors (Lipinski definition) is 4. The van der Waals surface area contributed by atoms with Crippen LogP contribution in [0, 0.1) is 0 Å². The molecule has 1 atom stereocenters. The normalized spacial score (nSPS) is 17.6. The van der Waals surface area contributed by atoms with Crippen molar-refractivity contribution >= 4 is 0 Å². The van der Waals surface area contributed by atoms with Crippen molar-refractivity contribution in [1.29, 1.82) is 0 Å². The van der Waals surface area contributed by atoms with Crippen molar-refractivity contribution in [2.45, 2.75) is 44.8 Å². The Labute approximate surface area is 143 Å². The molecule has 0 bridgehead atoms. The van der Waals surface area contributed by atoms with Crippen molar-refractivity contribution in [3.05, 3.63) is 35.4 Å². The molecule has 0 saturated carbocycles. The van der Waals surface area contributed by atoms with Crippen LogP contribution < -0.4 is 14.8 Å². The molecular formula is C19H28NO4+. The Hall–Kier alpha value is -1.56. The first-order valence-electron chi connectivity index (χ1n) is 8.95. The highest BCUT2D eigenvalue weighted by molar-refractivity contribution is 5.44. The van der Waals surface area contributed by atoms with Crippen molar-refractivity contribution in [3.8, 4) is 11.5 Å². The van der Waals surface area contributed by atoms with Crippen LogP contribution in [0.25, 0.3) is 0 Å². The summed E-state index contributed by atoms with van der Waals surface area (Å²) in [5.41, 5.74) is 2.62. The fourth-order valence-corrected chi connectivity index (χ4v) is 3.14. The lowest BCUT2D eigenvalue weighted by atomic mass is 9.97. The third-order valence-corrected chi connectivity index (χ3v) is 4.51. The maximum atomic E-state index is 10.0. The Morgan fingerprint density at radius 1 is 1.21 bits per heavy atom. The number of quaternary nitrogens is 1. The van der Waals surface area contributed by atoms with Gasteiger partial charge in [0.05, 0.1) is 19.8 Å². The SMILES string of the molecule is O[C@@H](C[NH2+]CCC1=CCCCC1)COCc1ccc2c(c1)OCO2. The molecule has 1 aliphatic carbocycles. The molecule has 0 radical (unpaired) electrons. The number of aliphatic hydroxyl groups excluding tert-OH is 1. The zero-order chi connectivity index (χ0) is 16.6. The lowest BCUT2D eigenvalue weighted by Gasteiger charge is -2.13. The molecule has 0 unspecified atom stereocenters. The summed E-state index contributed by atoms with van der Waals surface area (Å²) in [4.78, 5) is 0. The molecule has 0 saturated heterocycles. The van der Waals surface area contributed by atoms with E-state index in [0.29, 0.717) is 19.8 Å². The van der Waals surface area contributed by atoms with Crippen molar-refractivity contribution in [3.63, 3.8) is 0 Å².